The van der Waals surface area contributed by atoms with Crippen molar-refractivity contribution in [2.45, 2.75) is 58.7 Å². The van der Waals surface area contributed by atoms with Gasteiger partial charge in [0.2, 0.25) is 0 Å². The Labute approximate surface area is 127 Å². The third kappa shape index (κ3) is 3.35. The molecule has 2 heterocycles. The van der Waals surface area contributed by atoms with Gasteiger partial charge in [-0.05, 0) is 40.2 Å². The Bertz CT molecular complexity index is 467. The van der Waals surface area contributed by atoms with Crippen LogP contribution in [0.2, 0.25) is 5.02 Å². The van der Waals surface area contributed by atoms with Gasteiger partial charge in [0.25, 0.3) is 0 Å². The average molecular weight is 299 g/mol. The molecule has 0 radical (unpaired) electrons. The number of nitrogens with one attached hydrogen (secondary N) is 1. The van der Waals surface area contributed by atoms with Crippen molar-refractivity contribution in [1.82, 2.24) is 20.0 Å². The van der Waals surface area contributed by atoms with Gasteiger partial charge in [-0.25, -0.2) is 0 Å². The maximum Gasteiger partial charge on any atom is 0.0863 e. The lowest BCUT2D eigenvalue weighted by atomic mass is 10.1. The van der Waals surface area contributed by atoms with Crippen molar-refractivity contribution in [3.63, 3.8) is 0 Å². The van der Waals surface area contributed by atoms with Gasteiger partial charge in [0, 0.05) is 31.7 Å². The predicted octanol–water partition coefficient (Wildman–Crippen LogP) is 2.60. The van der Waals surface area contributed by atoms with E-state index in [9.17, 15) is 0 Å². The third-order valence-corrected chi connectivity index (χ3v) is 4.68. The monoisotopic (exact) mass is 298 g/mol. The lowest BCUT2D eigenvalue weighted by molar-refractivity contribution is 0.169. The van der Waals surface area contributed by atoms with E-state index in [-0.39, 0.29) is 5.54 Å². The van der Waals surface area contributed by atoms with E-state index >= 15 is 0 Å². The summed E-state index contributed by atoms with van der Waals surface area (Å²) in [7, 11) is 1.99. The normalized spacial score (nSPS) is 23.8. The van der Waals surface area contributed by atoms with Crippen LogP contribution < -0.4 is 5.32 Å². The van der Waals surface area contributed by atoms with E-state index in [1.807, 2.05) is 11.7 Å². The van der Waals surface area contributed by atoms with Gasteiger partial charge in [-0.1, -0.05) is 18.5 Å². The smallest absolute Gasteiger partial charge is 0.0863 e. The Morgan fingerprint density at radius 1 is 1.45 bits per heavy atom. The average Bonchev–Trinajstić information content (AvgIpc) is 2.56. The van der Waals surface area contributed by atoms with Gasteiger partial charge in [0.05, 0.1) is 16.4 Å². The summed E-state index contributed by atoms with van der Waals surface area (Å²) in [6, 6.07) is 0.556. The van der Waals surface area contributed by atoms with Gasteiger partial charge >= 0.3 is 0 Å². The molecule has 0 bridgehead atoms. The topological polar surface area (TPSA) is 33.1 Å². The minimum atomic E-state index is 0.142. The molecule has 0 aromatic carbocycles. The summed E-state index contributed by atoms with van der Waals surface area (Å²) in [6.45, 7) is 11.9. The van der Waals surface area contributed by atoms with Gasteiger partial charge in [0.15, 0.2) is 0 Å². The number of aryl methyl sites for hydroxylation is 2. The molecule has 0 spiro atoms. The molecular formula is C15H27ClN4. The maximum absolute atomic E-state index is 6.48. The molecule has 1 atom stereocenters. The van der Waals surface area contributed by atoms with E-state index in [0.29, 0.717) is 6.04 Å². The Morgan fingerprint density at radius 2 is 2.15 bits per heavy atom. The highest BCUT2D eigenvalue weighted by Crippen LogP contribution is 2.25. The van der Waals surface area contributed by atoms with Crippen molar-refractivity contribution < 1.29 is 0 Å². The summed E-state index contributed by atoms with van der Waals surface area (Å²) < 4.78 is 1.94. The van der Waals surface area contributed by atoms with Crippen LogP contribution in [-0.4, -0.2) is 39.4 Å². The molecule has 0 amide bonds. The van der Waals surface area contributed by atoms with Crippen LogP contribution in [0.1, 0.15) is 45.5 Å². The number of aromatic nitrogens is 2. The van der Waals surface area contributed by atoms with Crippen molar-refractivity contribution in [1.29, 1.82) is 0 Å². The van der Waals surface area contributed by atoms with Crippen LogP contribution in [0.25, 0.3) is 0 Å². The van der Waals surface area contributed by atoms with Gasteiger partial charge in [-0.2, -0.15) is 5.10 Å². The largest absolute Gasteiger partial charge is 0.310 e. The Balaban J connectivity index is 2.21. The number of nitrogens with zero attached hydrogens (tertiary/aromatic N) is 3. The highest BCUT2D eigenvalue weighted by atomic mass is 35.5. The molecule has 20 heavy (non-hydrogen) atoms. The van der Waals surface area contributed by atoms with Crippen LogP contribution in [0.4, 0.5) is 0 Å². The first-order valence-corrected chi connectivity index (χ1v) is 7.91. The minimum Gasteiger partial charge on any atom is -0.310 e. The van der Waals surface area contributed by atoms with Gasteiger partial charge in [0.1, 0.15) is 0 Å². The van der Waals surface area contributed by atoms with Gasteiger partial charge < -0.3 is 5.32 Å². The number of hydrogen-bond donors (Lipinski definition) is 1. The summed E-state index contributed by atoms with van der Waals surface area (Å²) in [5.74, 6) is 0. The summed E-state index contributed by atoms with van der Waals surface area (Å²) in [5.41, 5.74) is 2.28. The first kappa shape index (κ1) is 15.8. The summed E-state index contributed by atoms with van der Waals surface area (Å²) in [6.07, 6.45) is 2.05. The van der Waals surface area contributed by atoms with Gasteiger partial charge in [-0.15, -0.1) is 0 Å². The first-order valence-electron chi connectivity index (χ1n) is 7.53. The molecule has 2 rings (SSSR count). The van der Waals surface area contributed by atoms with E-state index in [2.05, 4.69) is 43.0 Å². The molecule has 1 fully saturated rings. The molecular weight excluding hydrogens is 272 g/mol. The Morgan fingerprint density at radius 3 is 2.75 bits per heavy atom. The molecule has 1 aliphatic heterocycles. The van der Waals surface area contributed by atoms with Crippen LogP contribution in [-0.2, 0) is 20.0 Å². The lowest BCUT2D eigenvalue weighted by Gasteiger charge is -2.32. The second-order valence-corrected chi connectivity index (χ2v) is 6.92. The molecule has 1 aliphatic rings. The van der Waals surface area contributed by atoms with E-state index in [1.165, 1.54) is 6.42 Å². The fraction of sp³-hybridized carbons (Fsp3) is 0.800. The van der Waals surface area contributed by atoms with E-state index in [0.717, 1.165) is 42.5 Å². The molecule has 0 aliphatic carbocycles. The first-order chi connectivity index (χ1) is 9.34. The Hall–Kier alpha value is -0.580. The highest BCUT2D eigenvalue weighted by Gasteiger charge is 2.29. The van der Waals surface area contributed by atoms with Gasteiger partial charge in [-0.3, -0.25) is 9.58 Å². The van der Waals surface area contributed by atoms with Crippen molar-refractivity contribution in [2.24, 2.45) is 7.05 Å². The number of hydrogen-bond acceptors (Lipinski definition) is 3. The molecule has 5 heteroatoms. The van der Waals surface area contributed by atoms with Crippen LogP contribution in [0.5, 0.6) is 0 Å². The fourth-order valence-electron chi connectivity index (χ4n) is 2.92. The number of rotatable bonds is 3. The van der Waals surface area contributed by atoms with Crippen LogP contribution in [0.15, 0.2) is 0 Å². The molecule has 1 aromatic rings. The summed E-state index contributed by atoms with van der Waals surface area (Å²) in [5, 5.41) is 8.98. The summed E-state index contributed by atoms with van der Waals surface area (Å²) >= 11 is 6.48. The standard InChI is InChI=1S/C15H27ClN4/c1-6-12-14(16)13(19(5)18-12)9-20-10-15(3,4)17-8-7-11(20)2/h11,17H,6-10H2,1-5H3. The van der Waals surface area contributed by atoms with Crippen molar-refractivity contribution in [2.75, 3.05) is 13.1 Å². The zero-order valence-electron chi connectivity index (χ0n) is 13.3. The van der Waals surface area contributed by atoms with Crippen LogP contribution in [0.3, 0.4) is 0 Å². The van der Waals surface area contributed by atoms with Crippen LogP contribution in [0, 0.1) is 0 Å². The quantitative estimate of drug-likeness (QED) is 0.931. The van der Waals surface area contributed by atoms with Crippen molar-refractivity contribution in [3.05, 3.63) is 16.4 Å². The Kier molecular flexibility index (Phi) is 4.77. The number of halogens is 1. The predicted molar refractivity (Wildman–Crippen MR) is 84.2 cm³/mol. The molecule has 0 saturated carbocycles. The second-order valence-electron chi connectivity index (χ2n) is 6.54. The van der Waals surface area contributed by atoms with Crippen molar-refractivity contribution in [3.8, 4) is 0 Å². The van der Waals surface area contributed by atoms with E-state index in [4.69, 9.17) is 11.6 Å². The zero-order valence-corrected chi connectivity index (χ0v) is 14.1. The van der Waals surface area contributed by atoms with Crippen LogP contribution >= 0.6 is 11.6 Å². The summed E-state index contributed by atoms with van der Waals surface area (Å²) in [4.78, 5) is 2.52. The lowest BCUT2D eigenvalue weighted by Crippen LogP contribution is -2.47. The van der Waals surface area contributed by atoms with Crippen molar-refractivity contribution >= 4 is 11.6 Å². The maximum atomic E-state index is 6.48. The van der Waals surface area contributed by atoms with E-state index in [1.54, 1.807) is 0 Å². The highest BCUT2D eigenvalue weighted by molar-refractivity contribution is 6.31. The SMILES string of the molecule is CCc1nn(C)c(CN2CC(C)(C)NCCC2C)c1Cl. The second kappa shape index (κ2) is 6.04. The molecule has 1 unspecified atom stereocenters. The molecule has 1 saturated heterocycles. The molecule has 1 N–H and O–H groups in total. The molecule has 1 aromatic heterocycles. The third-order valence-electron chi connectivity index (χ3n) is 4.24. The zero-order chi connectivity index (χ0) is 14.9. The molecule has 114 valence electrons. The van der Waals surface area contributed by atoms with E-state index < -0.39 is 0 Å². The minimum absolute atomic E-state index is 0.142. The fourth-order valence-corrected chi connectivity index (χ4v) is 3.27. The molecule has 4 nitrogen and oxygen atoms in total.